The van der Waals surface area contributed by atoms with E-state index in [0.717, 1.165) is 13.0 Å². The number of carbonyl (C=O) groups excluding carboxylic acids is 1. The maximum absolute atomic E-state index is 11.8. The lowest BCUT2D eigenvalue weighted by Gasteiger charge is -2.14. The van der Waals surface area contributed by atoms with Crippen LogP contribution in [0, 0.1) is 0 Å². The van der Waals surface area contributed by atoms with Crippen LogP contribution in [-0.4, -0.2) is 39.9 Å². The van der Waals surface area contributed by atoms with Gasteiger partial charge in [-0.2, -0.15) is 0 Å². The second-order valence-corrected chi connectivity index (χ2v) is 4.00. The Bertz CT molecular complexity index is 377. The molecule has 1 aromatic rings. The average molecular weight is 221 g/mol. The number of nitrogens with zero attached hydrogens (tertiary/aromatic N) is 3. The summed E-state index contributed by atoms with van der Waals surface area (Å²) in [7, 11) is 0. The third-order valence-electron chi connectivity index (χ3n) is 2.61. The fourth-order valence-corrected chi connectivity index (χ4v) is 1.72. The molecule has 1 aromatic heterocycles. The van der Waals surface area contributed by atoms with Gasteiger partial charge in [0, 0.05) is 19.1 Å². The second-order valence-electron chi connectivity index (χ2n) is 4.00. The number of likely N-dealkylation sites (tertiary alicyclic amines) is 1. The lowest BCUT2D eigenvalue weighted by atomic mass is 10.3. The number of hydrogen-bond donors (Lipinski definition) is 2. The van der Waals surface area contributed by atoms with Crippen molar-refractivity contribution < 1.29 is 4.79 Å². The molecule has 1 aliphatic heterocycles. The highest BCUT2D eigenvalue weighted by Crippen LogP contribution is 2.08. The first-order valence-electron chi connectivity index (χ1n) is 5.25. The van der Waals surface area contributed by atoms with Crippen LogP contribution in [0.1, 0.15) is 12.2 Å². The Kier molecular flexibility index (Phi) is 3.00. The second kappa shape index (κ2) is 4.44. The molecule has 0 saturated carbocycles. The first-order chi connectivity index (χ1) is 7.65. The summed E-state index contributed by atoms with van der Waals surface area (Å²) >= 11 is 0. The van der Waals surface area contributed by atoms with Crippen molar-refractivity contribution in [2.75, 3.05) is 18.8 Å². The number of nitrogens with two attached hydrogens (primary N) is 2. The largest absolute Gasteiger partial charge is 0.396 e. The molecule has 0 aliphatic carbocycles. The molecule has 4 N–H and O–H groups in total. The van der Waals surface area contributed by atoms with Crippen molar-refractivity contribution in [3.8, 4) is 0 Å². The Morgan fingerprint density at radius 3 is 2.75 bits per heavy atom. The summed E-state index contributed by atoms with van der Waals surface area (Å²) in [4.78, 5) is 21.5. The standard InChI is InChI=1S/C10H15N5O/c11-7-1-2-15(6-7)10(16)3-9-13-4-8(12)5-14-9/h4-5,7H,1-3,6,11-12H2. The highest BCUT2D eigenvalue weighted by atomic mass is 16.2. The van der Waals surface area contributed by atoms with Gasteiger partial charge in [-0.05, 0) is 6.42 Å². The van der Waals surface area contributed by atoms with Crippen LogP contribution in [0.2, 0.25) is 0 Å². The average Bonchev–Trinajstić information content (AvgIpc) is 2.68. The highest BCUT2D eigenvalue weighted by molar-refractivity contribution is 5.78. The minimum atomic E-state index is 0.0257. The van der Waals surface area contributed by atoms with Crippen molar-refractivity contribution in [2.45, 2.75) is 18.9 Å². The summed E-state index contributed by atoms with van der Waals surface area (Å²) in [6.45, 7) is 1.36. The van der Waals surface area contributed by atoms with E-state index >= 15 is 0 Å². The van der Waals surface area contributed by atoms with Crippen LogP contribution < -0.4 is 11.5 Å². The fraction of sp³-hybridized carbons (Fsp3) is 0.500. The summed E-state index contributed by atoms with van der Waals surface area (Å²) < 4.78 is 0. The highest BCUT2D eigenvalue weighted by Gasteiger charge is 2.23. The molecule has 2 heterocycles. The van der Waals surface area contributed by atoms with Crippen molar-refractivity contribution in [3.05, 3.63) is 18.2 Å². The van der Waals surface area contributed by atoms with Gasteiger partial charge >= 0.3 is 0 Å². The zero-order valence-corrected chi connectivity index (χ0v) is 8.97. The van der Waals surface area contributed by atoms with E-state index in [-0.39, 0.29) is 18.4 Å². The van der Waals surface area contributed by atoms with E-state index in [0.29, 0.717) is 18.1 Å². The van der Waals surface area contributed by atoms with Crippen LogP contribution in [0.5, 0.6) is 0 Å². The topological polar surface area (TPSA) is 98.1 Å². The molecular weight excluding hydrogens is 206 g/mol. The van der Waals surface area contributed by atoms with E-state index in [2.05, 4.69) is 9.97 Å². The third-order valence-corrected chi connectivity index (χ3v) is 2.61. The molecule has 1 fully saturated rings. The number of nitrogen functional groups attached to an aromatic ring is 1. The summed E-state index contributed by atoms with van der Waals surface area (Å²) in [5.41, 5.74) is 11.7. The minimum Gasteiger partial charge on any atom is -0.396 e. The predicted molar refractivity (Wildman–Crippen MR) is 59.3 cm³/mol. The summed E-state index contributed by atoms with van der Waals surface area (Å²) in [6.07, 6.45) is 4.10. The van der Waals surface area contributed by atoms with Gasteiger partial charge in [0.15, 0.2) is 0 Å². The molecule has 1 atom stereocenters. The van der Waals surface area contributed by atoms with Gasteiger partial charge in [0.05, 0.1) is 24.5 Å². The molecule has 0 aromatic carbocycles. The van der Waals surface area contributed by atoms with Gasteiger partial charge in [0.25, 0.3) is 0 Å². The first kappa shape index (κ1) is 10.8. The van der Waals surface area contributed by atoms with Gasteiger partial charge in [0.2, 0.25) is 5.91 Å². The number of aromatic nitrogens is 2. The third kappa shape index (κ3) is 2.46. The number of anilines is 1. The zero-order valence-electron chi connectivity index (χ0n) is 8.97. The van der Waals surface area contributed by atoms with Crippen LogP contribution in [0.25, 0.3) is 0 Å². The maximum atomic E-state index is 11.8. The normalized spacial score (nSPS) is 20.1. The molecule has 0 spiro atoms. The Labute approximate surface area is 93.7 Å². The van der Waals surface area contributed by atoms with Crippen LogP contribution in [0.4, 0.5) is 5.69 Å². The van der Waals surface area contributed by atoms with Crippen molar-refractivity contribution in [1.82, 2.24) is 14.9 Å². The summed E-state index contributed by atoms with van der Waals surface area (Å²) in [5, 5.41) is 0. The molecule has 1 aliphatic rings. The van der Waals surface area contributed by atoms with Gasteiger partial charge in [-0.25, -0.2) is 9.97 Å². The molecule has 16 heavy (non-hydrogen) atoms. The van der Waals surface area contributed by atoms with Gasteiger partial charge in [-0.15, -0.1) is 0 Å². The van der Waals surface area contributed by atoms with Crippen molar-refractivity contribution >= 4 is 11.6 Å². The minimum absolute atomic E-state index is 0.0257. The van der Waals surface area contributed by atoms with E-state index in [1.165, 1.54) is 12.4 Å². The lowest BCUT2D eigenvalue weighted by molar-refractivity contribution is -0.129. The molecule has 1 unspecified atom stereocenters. The van der Waals surface area contributed by atoms with Crippen molar-refractivity contribution in [2.24, 2.45) is 5.73 Å². The lowest BCUT2D eigenvalue weighted by Crippen LogP contribution is -2.33. The van der Waals surface area contributed by atoms with Crippen LogP contribution >= 0.6 is 0 Å². The molecule has 1 amide bonds. The molecule has 86 valence electrons. The van der Waals surface area contributed by atoms with Crippen LogP contribution in [-0.2, 0) is 11.2 Å². The zero-order chi connectivity index (χ0) is 11.5. The predicted octanol–water partition coefficient (Wildman–Crippen LogP) is -0.839. The van der Waals surface area contributed by atoms with Gasteiger partial charge in [-0.3, -0.25) is 4.79 Å². The number of carbonyl (C=O) groups is 1. The molecular formula is C10H15N5O. The van der Waals surface area contributed by atoms with E-state index in [9.17, 15) is 4.79 Å². The van der Waals surface area contributed by atoms with Crippen molar-refractivity contribution in [3.63, 3.8) is 0 Å². The van der Waals surface area contributed by atoms with Crippen LogP contribution in [0.15, 0.2) is 12.4 Å². The van der Waals surface area contributed by atoms with Gasteiger partial charge in [0.1, 0.15) is 5.82 Å². The van der Waals surface area contributed by atoms with E-state index < -0.39 is 0 Å². The Morgan fingerprint density at radius 2 is 2.19 bits per heavy atom. The van der Waals surface area contributed by atoms with E-state index in [1.54, 1.807) is 4.90 Å². The number of hydrogen-bond acceptors (Lipinski definition) is 5. The summed E-state index contributed by atoms with van der Waals surface area (Å²) in [6, 6.07) is 0.108. The fourth-order valence-electron chi connectivity index (χ4n) is 1.72. The Morgan fingerprint density at radius 1 is 1.50 bits per heavy atom. The molecule has 6 nitrogen and oxygen atoms in total. The molecule has 2 rings (SSSR count). The van der Waals surface area contributed by atoms with E-state index in [1.807, 2.05) is 0 Å². The smallest absolute Gasteiger partial charge is 0.230 e. The van der Waals surface area contributed by atoms with Gasteiger partial charge in [-0.1, -0.05) is 0 Å². The molecule has 0 bridgehead atoms. The van der Waals surface area contributed by atoms with E-state index in [4.69, 9.17) is 11.5 Å². The first-order valence-corrected chi connectivity index (χ1v) is 5.25. The number of amides is 1. The number of rotatable bonds is 2. The molecule has 6 heteroatoms. The van der Waals surface area contributed by atoms with Crippen molar-refractivity contribution in [1.29, 1.82) is 0 Å². The van der Waals surface area contributed by atoms with Crippen LogP contribution in [0.3, 0.4) is 0 Å². The monoisotopic (exact) mass is 221 g/mol. The quantitative estimate of drug-likeness (QED) is 0.678. The molecule has 0 radical (unpaired) electrons. The Balaban J connectivity index is 1.94. The SMILES string of the molecule is Nc1cnc(CC(=O)N2CCC(N)C2)nc1. The maximum Gasteiger partial charge on any atom is 0.230 e. The molecule has 1 saturated heterocycles. The Hall–Kier alpha value is -1.69. The summed E-state index contributed by atoms with van der Waals surface area (Å²) in [5.74, 6) is 0.525. The van der Waals surface area contributed by atoms with Gasteiger partial charge < -0.3 is 16.4 Å².